The number of carbonyl (C=O) groups excluding carboxylic acids is 5. The van der Waals surface area contributed by atoms with Crippen molar-refractivity contribution in [1.29, 1.82) is 0 Å². The topological polar surface area (TPSA) is 197 Å². The molecular formula is C46H50Br2O14. The standard InChI is InChI=1S/C46H50Br2O14/c1-18-29-32(44(6)45(7,41(55)62-46(44)37(18)60-46)61-40(54)22-10-14-25(48)15-11-22)33(51)30-28-26(59-39(53)21-8-12-24(47)13-9-21)16-23-17-27-34(58-27)36(52)42(23,4)31(28)35(56-19(2)49)38(43(29,30)5)57-20(3)50/h8-15,18,23,26-38,51-52H,16-17H2,1-7H3/t18-,23-,26-,27-,28?,29-,30+,31?,32-,33+,34-,35-,36-,37+,38-,42-,43+,44-,45+,46-/m0/s1. The number of epoxide rings is 2. The molecule has 62 heavy (non-hydrogen) atoms. The third-order valence-electron chi connectivity index (χ3n) is 17.3. The van der Waals surface area contributed by atoms with Crippen LogP contribution in [0.2, 0.25) is 0 Å². The van der Waals surface area contributed by atoms with E-state index in [1.165, 1.54) is 20.8 Å². The van der Waals surface area contributed by atoms with Crippen molar-refractivity contribution >= 4 is 61.7 Å². The van der Waals surface area contributed by atoms with E-state index in [1.54, 1.807) is 55.5 Å². The zero-order valence-corrected chi connectivity index (χ0v) is 38.4. The van der Waals surface area contributed by atoms with Gasteiger partial charge in [-0.2, -0.15) is 0 Å². The van der Waals surface area contributed by atoms with Gasteiger partial charge in [-0.25, -0.2) is 14.4 Å². The summed E-state index contributed by atoms with van der Waals surface area (Å²) < 4.78 is 45.9. The lowest BCUT2D eigenvalue weighted by Gasteiger charge is -2.66. The Balaban J connectivity index is 1.17. The number of rotatable bonds is 6. The Labute approximate surface area is 375 Å². The molecule has 3 saturated heterocycles. The summed E-state index contributed by atoms with van der Waals surface area (Å²) in [7, 11) is 0. The van der Waals surface area contributed by atoms with Crippen LogP contribution >= 0.6 is 31.9 Å². The van der Waals surface area contributed by atoms with Gasteiger partial charge in [0.25, 0.3) is 5.79 Å². The molecule has 8 fully saturated rings. The van der Waals surface area contributed by atoms with Gasteiger partial charge in [0.2, 0.25) is 5.60 Å². The Morgan fingerprint density at radius 2 is 1.35 bits per heavy atom. The number of aliphatic hydroxyl groups excluding tert-OH is 2. The molecule has 0 amide bonds. The molecule has 10 rings (SSSR count). The van der Waals surface area contributed by atoms with E-state index in [4.69, 9.17) is 33.2 Å². The Morgan fingerprint density at radius 3 is 1.95 bits per heavy atom. The number of benzene rings is 2. The maximum Gasteiger partial charge on any atom is 0.353 e. The largest absolute Gasteiger partial charge is 0.458 e. The minimum atomic E-state index is -2.01. The highest BCUT2D eigenvalue weighted by molar-refractivity contribution is 9.10. The fourth-order valence-electron chi connectivity index (χ4n) is 14.6. The molecule has 5 aliphatic carbocycles. The van der Waals surface area contributed by atoms with Crippen LogP contribution in [-0.4, -0.2) is 100 Å². The van der Waals surface area contributed by atoms with E-state index in [2.05, 4.69) is 31.9 Å². The fraction of sp³-hybridized carbons (Fsp3) is 0.630. The Hall–Kier alpha value is -3.41. The van der Waals surface area contributed by atoms with Crippen molar-refractivity contribution in [2.45, 2.75) is 122 Å². The predicted octanol–water partition coefficient (Wildman–Crippen LogP) is 5.56. The van der Waals surface area contributed by atoms with Gasteiger partial charge in [0.1, 0.15) is 30.5 Å². The van der Waals surface area contributed by atoms with Crippen LogP contribution in [0, 0.1) is 57.7 Å². The average Bonchev–Trinajstić information content (AvgIpc) is 4.12. The maximum absolute atomic E-state index is 14.4. The van der Waals surface area contributed by atoms with Gasteiger partial charge >= 0.3 is 29.8 Å². The first-order valence-corrected chi connectivity index (χ1v) is 23.0. The van der Waals surface area contributed by atoms with E-state index < -0.39 is 136 Å². The summed E-state index contributed by atoms with van der Waals surface area (Å²) in [6, 6.07) is 13.3. The van der Waals surface area contributed by atoms with Crippen LogP contribution in [0.15, 0.2) is 57.5 Å². The predicted molar refractivity (Wildman–Crippen MR) is 220 cm³/mol. The third kappa shape index (κ3) is 5.42. The van der Waals surface area contributed by atoms with Gasteiger partial charge in [-0.05, 0) is 93.0 Å². The third-order valence-corrected chi connectivity index (χ3v) is 18.3. The number of aliphatic hydroxyl groups is 2. The van der Waals surface area contributed by atoms with Crippen LogP contribution in [0.4, 0.5) is 0 Å². The van der Waals surface area contributed by atoms with Crippen LogP contribution in [0.25, 0.3) is 0 Å². The highest BCUT2D eigenvalue weighted by Crippen LogP contribution is 2.81. The number of halogens is 2. The summed E-state index contributed by atoms with van der Waals surface area (Å²) in [4.78, 5) is 69.6. The lowest BCUT2D eigenvalue weighted by Crippen LogP contribution is -2.72. The quantitative estimate of drug-likeness (QED) is 0.207. The highest BCUT2D eigenvalue weighted by Gasteiger charge is 2.94. The van der Waals surface area contributed by atoms with Crippen LogP contribution in [-0.2, 0) is 47.5 Å². The number of hydrogen-bond donors (Lipinski definition) is 2. The second-order valence-electron chi connectivity index (χ2n) is 19.8. The maximum atomic E-state index is 14.4. The Kier molecular flexibility index (Phi) is 9.47. The molecule has 0 radical (unpaired) electrons. The van der Waals surface area contributed by atoms with Crippen molar-refractivity contribution in [3.05, 3.63) is 68.6 Å². The zero-order chi connectivity index (χ0) is 44.4. The second-order valence-corrected chi connectivity index (χ2v) is 21.6. The number of carbonyl (C=O) groups is 5. The number of ether oxygens (including phenoxy) is 7. The van der Waals surface area contributed by atoms with Crippen LogP contribution < -0.4 is 0 Å². The minimum absolute atomic E-state index is 0.184. The van der Waals surface area contributed by atoms with Crippen molar-refractivity contribution in [1.82, 2.24) is 0 Å². The van der Waals surface area contributed by atoms with E-state index >= 15 is 0 Å². The van der Waals surface area contributed by atoms with E-state index in [9.17, 15) is 34.2 Å². The number of hydrogen-bond acceptors (Lipinski definition) is 14. The van der Waals surface area contributed by atoms with E-state index in [0.717, 1.165) is 8.95 Å². The molecule has 16 heteroatoms. The van der Waals surface area contributed by atoms with Gasteiger partial charge in [0.15, 0.2) is 0 Å². The van der Waals surface area contributed by atoms with Crippen molar-refractivity contribution < 1.29 is 67.3 Å². The molecule has 14 nitrogen and oxygen atoms in total. The molecule has 8 aliphatic rings. The summed E-state index contributed by atoms with van der Waals surface area (Å²) in [5, 5.41) is 25.9. The van der Waals surface area contributed by atoms with Crippen LogP contribution in [0.5, 0.6) is 0 Å². The molecule has 0 bridgehead atoms. The van der Waals surface area contributed by atoms with Gasteiger partial charge in [0, 0.05) is 57.3 Å². The summed E-state index contributed by atoms with van der Waals surface area (Å²) in [5.41, 5.74) is -5.43. The smallest absolute Gasteiger partial charge is 0.353 e. The molecule has 0 aromatic heterocycles. The number of fused-ring (bicyclic) bond motifs is 9. The highest BCUT2D eigenvalue weighted by atomic mass is 79.9. The minimum Gasteiger partial charge on any atom is -0.458 e. The molecule has 3 heterocycles. The van der Waals surface area contributed by atoms with Gasteiger partial charge in [-0.15, -0.1) is 0 Å². The van der Waals surface area contributed by atoms with Gasteiger partial charge in [-0.1, -0.05) is 52.6 Å². The first-order chi connectivity index (χ1) is 29.1. The molecular weight excluding hydrogens is 936 g/mol. The average molecular weight is 987 g/mol. The molecule has 2 aromatic rings. The SMILES string of the molecule is CC(=O)O[C@H]1C2C([C@@H](OC(=O)c3ccc(Br)cc3)C[C@H]3C[C@@H]4O[C@@H]4[C@H](O)[C@]23C)[C@@H]2[C@@H](O)[C@@H]3[C@H]([C@H](C)[C@H]4O[C@]45OC(=O)[C@@](C)(OC(=O)c4ccc(Br)cc4)[C@]35C)[C@@]2(C)[C@H]1OC(C)=O. The van der Waals surface area contributed by atoms with Gasteiger partial charge in [0.05, 0.1) is 34.9 Å². The van der Waals surface area contributed by atoms with Gasteiger partial charge in [-0.3, -0.25) is 9.59 Å². The normalized spacial score (nSPS) is 48.6. The molecule has 332 valence electrons. The lowest BCUT2D eigenvalue weighted by molar-refractivity contribution is -0.279. The summed E-state index contributed by atoms with van der Waals surface area (Å²) >= 11 is 6.82. The van der Waals surface area contributed by atoms with Crippen molar-refractivity contribution in [3.63, 3.8) is 0 Å². The Morgan fingerprint density at radius 1 is 0.758 bits per heavy atom. The molecule has 2 aromatic carbocycles. The second kappa shape index (κ2) is 13.8. The number of esters is 5. The van der Waals surface area contributed by atoms with Crippen LogP contribution in [0.1, 0.15) is 82.0 Å². The summed E-state index contributed by atoms with van der Waals surface area (Å²) in [5.74, 6) is -10.1. The monoisotopic (exact) mass is 984 g/mol. The fourth-order valence-corrected chi connectivity index (χ4v) is 15.1. The summed E-state index contributed by atoms with van der Waals surface area (Å²) in [6.07, 6.45) is -6.34. The molecule has 20 atom stereocenters. The summed E-state index contributed by atoms with van der Waals surface area (Å²) in [6.45, 7) is 11.6. The lowest BCUT2D eigenvalue weighted by atomic mass is 9.41. The Bertz CT molecular complexity index is 2270. The van der Waals surface area contributed by atoms with E-state index in [1.807, 2.05) is 20.8 Å². The van der Waals surface area contributed by atoms with E-state index in [-0.39, 0.29) is 24.0 Å². The first-order valence-electron chi connectivity index (χ1n) is 21.4. The molecule has 1 spiro atoms. The van der Waals surface area contributed by atoms with Crippen molar-refractivity contribution in [2.75, 3.05) is 0 Å². The molecule has 5 saturated carbocycles. The van der Waals surface area contributed by atoms with Crippen LogP contribution in [0.3, 0.4) is 0 Å². The molecule has 3 aliphatic heterocycles. The zero-order valence-electron chi connectivity index (χ0n) is 35.2. The van der Waals surface area contributed by atoms with Crippen molar-refractivity contribution in [3.8, 4) is 0 Å². The van der Waals surface area contributed by atoms with E-state index in [0.29, 0.717) is 12.0 Å². The van der Waals surface area contributed by atoms with Crippen molar-refractivity contribution in [2.24, 2.45) is 57.7 Å². The van der Waals surface area contributed by atoms with Gasteiger partial charge < -0.3 is 43.4 Å². The molecule has 2 N–H and O–H groups in total. The molecule has 2 unspecified atom stereocenters. The first kappa shape index (κ1) is 42.5.